The monoisotopic (exact) mass is 205 g/mol. The molecule has 13 heavy (non-hydrogen) atoms. The van der Waals surface area contributed by atoms with Gasteiger partial charge in [0.15, 0.2) is 11.8 Å². The summed E-state index contributed by atoms with van der Waals surface area (Å²) in [7, 11) is 0. The van der Waals surface area contributed by atoms with Gasteiger partial charge in [-0.2, -0.15) is 11.8 Å². The van der Waals surface area contributed by atoms with Gasteiger partial charge >= 0.3 is 5.97 Å². The molecule has 0 spiro atoms. The molecule has 76 valence electrons. The van der Waals surface area contributed by atoms with Crippen LogP contribution >= 0.6 is 11.8 Å². The summed E-state index contributed by atoms with van der Waals surface area (Å²) in [6.45, 7) is 1.83. The highest BCUT2D eigenvalue weighted by Crippen LogP contribution is 2.20. The Labute approximate surface area is 81.9 Å². The number of carboxylic acids is 1. The highest BCUT2D eigenvalue weighted by Gasteiger charge is 2.40. The number of rotatable bonds is 6. The molecular formula is C8H15NO3S. The largest absolute Gasteiger partial charge is 0.480 e. The first kappa shape index (κ1) is 12.4. The van der Waals surface area contributed by atoms with Crippen molar-refractivity contribution in [2.75, 3.05) is 12.0 Å². The Kier molecular flexibility index (Phi) is 5.02. The molecule has 0 heterocycles. The number of hydrogen-bond donors (Lipinski definition) is 2. The van der Waals surface area contributed by atoms with Crippen LogP contribution in [0.5, 0.6) is 0 Å². The molecule has 0 amide bonds. The first-order valence-electron chi connectivity index (χ1n) is 4.00. The van der Waals surface area contributed by atoms with Gasteiger partial charge in [0, 0.05) is 5.92 Å². The van der Waals surface area contributed by atoms with Gasteiger partial charge in [-0.25, -0.2) is 4.79 Å². The zero-order chi connectivity index (χ0) is 10.5. The molecule has 2 unspecified atom stereocenters. The second kappa shape index (κ2) is 5.24. The minimum atomic E-state index is -1.72. The van der Waals surface area contributed by atoms with Crippen LogP contribution in [-0.2, 0) is 9.59 Å². The zero-order valence-electron chi connectivity index (χ0n) is 7.82. The molecular weight excluding hydrogens is 190 g/mol. The average molecular weight is 205 g/mol. The Balaban J connectivity index is 4.68. The van der Waals surface area contributed by atoms with Gasteiger partial charge in [0.05, 0.1) is 0 Å². The maximum Gasteiger partial charge on any atom is 0.331 e. The standard InChI is InChI=1S/C8H15NO3S/c1-3-6(4-13-2)8(9,5-10)7(11)12/h5-6H,3-4,9H2,1-2H3,(H,11,12). The van der Waals surface area contributed by atoms with E-state index in [1.165, 1.54) is 11.8 Å². The van der Waals surface area contributed by atoms with Crippen molar-refractivity contribution in [1.29, 1.82) is 0 Å². The topological polar surface area (TPSA) is 80.4 Å². The predicted molar refractivity (Wildman–Crippen MR) is 52.8 cm³/mol. The summed E-state index contributed by atoms with van der Waals surface area (Å²) < 4.78 is 0. The Hall–Kier alpha value is -0.550. The number of carbonyl (C=O) groups is 2. The Bertz CT molecular complexity index is 198. The number of hydrogen-bond acceptors (Lipinski definition) is 4. The van der Waals surface area contributed by atoms with E-state index in [4.69, 9.17) is 10.8 Å². The zero-order valence-corrected chi connectivity index (χ0v) is 8.63. The quantitative estimate of drug-likeness (QED) is 0.483. The van der Waals surface area contributed by atoms with E-state index >= 15 is 0 Å². The minimum Gasteiger partial charge on any atom is -0.480 e. The van der Waals surface area contributed by atoms with Gasteiger partial charge in [-0.3, -0.25) is 0 Å². The molecule has 0 saturated heterocycles. The first-order chi connectivity index (χ1) is 6.02. The smallest absolute Gasteiger partial charge is 0.331 e. The Morgan fingerprint density at radius 2 is 2.31 bits per heavy atom. The molecule has 0 aromatic heterocycles. The molecule has 3 N–H and O–H groups in total. The number of aliphatic carboxylic acids is 1. The van der Waals surface area contributed by atoms with Gasteiger partial charge < -0.3 is 15.6 Å². The van der Waals surface area contributed by atoms with Crippen LogP contribution in [0.1, 0.15) is 13.3 Å². The van der Waals surface area contributed by atoms with Crippen LogP contribution in [0.4, 0.5) is 0 Å². The van der Waals surface area contributed by atoms with Gasteiger partial charge in [0.25, 0.3) is 0 Å². The van der Waals surface area contributed by atoms with Crippen molar-refractivity contribution in [2.24, 2.45) is 11.7 Å². The number of aldehydes is 1. The average Bonchev–Trinajstić information content (AvgIpc) is 2.12. The second-order valence-corrected chi connectivity index (χ2v) is 3.83. The summed E-state index contributed by atoms with van der Waals surface area (Å²) in [5.41, 5.74) is 3.78. The van der Waals surface area contributed by atoms with Crippen LogP contribution in [0.3, 0.4) is 0 Å². The third kappa shape index (κ3) is 2.70. The summed E-state index contributed by atoms with van der Waals surface area (Å²) in [5.74, 6) is -0.973. The molecule has 5 heteroatoms. The molecule has 0 aliphatic carbocycles. The van der Waals surface area contributed by atoms with Gasteiger partial charge in [-0.1, -0.05) is 6.92 Å². The summed E-state index contributed by atoms with van der Waals surface area (Å²) in [4.78, 5) is 21.4. The molecule has 0 aromatic carbocycles. The van der Waals surface area contributed by atoms with E-state index in [1.807, 2.05) is 13.2 Å². The number of thioether (sulfide) groups is 1. The van der Waals surface area contributed by atoms with Crippen molar-refractivity contribution >= 4 is 24.0 Å². The molecule has 2 atom stereocenters. The fraction of sp³-hybridized carbons (Fsp3) is 0.750. The van der Waals surface area contributed by atoms with Gasteiger partial charge in [-0.05, 0) is 18.4 Å². The van der Waals surface area contributed by atoms with Crippen LogP contribution < -0.4 is 5.73 Å². The summed E-state index contributed by atoms with van der Waals surface area (Å²) >= 11 is 1.49. The third-order valence-electron chi connectivity index (χ3n) is 2.10. The molecule has 0 rings (SSSR count). The van der Waals surface area contributed by atoms with E-state index in [1.54, 1.807) is 0 Å². The van der Waals surface area contributed by atoms with Crippen LogP contribution in [-0.4, -0.2) is 34.9 Å². The van der Waals surface area contributed by atoms with E-state index < -0.39 is 11.5 Å². The normalized spacial score (nSPS) is 17.5. The number of carbonyl (C=O) groups excluding carboxylic acids is 1. The van der Waals surface area contributed by atoms with Crippen molar-refractivity contribution in [2.45, 2.75) is 18.9 Å². The van der Waals surface area contributed by atoms with E-state index in [-0.39, 0.29) is 5.92 Å². The second-order valence-electron chi connectivity index (χ2n) is 2.92. The van der Waals surface area contributed by atoms with Crippen molar-refractivity contribution in [3.8, 4) is 0 Å². The van der Waals surface area contributed by atoms with E-state index in [9.17, 15) is 9.59 Å². The van der Waals surface area contributed by atoms with Crippen LogP contribution in [0.2, 0.25) is 0 Å². The molecule has 0 saturated carbocycles. The van der Waals surface area contributed by atoms with Crippen molar-refractivity contribution in [3.63, 3.8) is 0 Å². The van der Waals surface area contributed by atoms with E-state index in [0.717, 1.165) is 0 Å². The minimum absolute atomic E-state index is 0.308. The highest BCUT2D eigenvalue weighted by molar-refractivity contribution is 7.98. The van der Waals surface area contributed by atoms with Gasteiger partial charge in [0.2, 0.25) is 0 Å². The van der Waals surface area contributed by atoms with Gasteiger partial charge in [0.1, 0.15) is 0 Å². The lowest BCUT2D eigenvalue weighted by Crippen LogP contribution is -2.56. The van der Waals surface area contributed by atoms with Crippen molar-refractivity contribution < 1.29 is 14.7 Å². The first-order valence-corrected chi connectivity index (χ1v) is 5.39. The Morgan fingerprint density at radius 3 is 2.54 bits per heavy atom. The van der Waals surface area contributed by atoms with Gasteiger partial charge in [-0.15, -0.1) is 0 Å². The number of nitrogens with two attached hydrogens (primary N) is 1. The number of carboxylic acid groups (broad SMARTS) is 1. The van der Waals surface area contributed by atoms with Crippen LogP contribution in [0.15, 0.2) is 0 Å². The lowest BCUT2D eigenvalue weighted by Gasteiger charge is -2.27. The summed E-state index contributed by atoms with van der Waals surface area (Å²) in [6.07, 6.45) is 2.78. The van der Waals surface area contributed by atoms with E-state index in [0.29, 0.717) is 18.5 Å². The lowest BCUT2D eigenvalue weighted by molar-refractivity contribution is -0.147. The van der Waals surface area contributed by atoms with Crippen LogP contribution in [0, 0.1) is 5.92 Å². The molecule has 0 fully saturated rings. The fourth-order valence-corrected chi connectivity index (χ4v) is 2.03. The summed E-state index contributed by atoms with van der Waals surface area (Å²) in [6, 6.07) is 0. The molecule has 0 aromatic rings. The fourth-order valence-electron chi connectivity index (χ4n) is 1.12. The summed E-state index contributed by atoms with van der Waals surface area (Å²) in [5, 5.41) is 8.80. The maximum absolute atomic E-state index is 10.8. The van der Waals surface area contributed by atoms with Crippen molar-refractivity contribution in [3.05, 3.63) is 0 Å². The molecule has 0 aliphatic rings. The third-order valence-corrected chi connectivity index (χ3v) is 2.84. The lowest BCUT2D eigenvalue weighted by atomic mass is 9.85. The molecule has 4 nitrogen and oxygen atoms in total. The SMILES string of the molecule is CCC(CSC)C(N)(C=O)C(=O)O. The highest BCUT2D eigenvalue weighted by atomic mass is 32.2. The molecule has 0 radical (unpaired) electrons. The molecule has 0 bridgehead atoms. The predicted octanol–water partition coefficient (Wildman–Crippen LogP) is 0.357. The Morgan fingerprint density at radius 1 is 1.77 bits per heavy atom. The van der Waals surface area contributed by atoms with E-state index in [2.05, 4.69) is 0 Å². The molecule has 0 aliphatic heterocycles. The van der Waals surface area contributed by atoms with Crippen LogP contribution in [0.25, 0.3) is 0 Å². The maximum atomic E-state index is 10.8. The van der Waals surface area contributed by atoms with Crippen molar-refractivity contribution in [1.82, 2.24) is 0 Å².